The number of rotatable bonds is 4. The zero-order valence-electron chi connectivity index (χ0n) is 11.9. The van der Waals surface area contributed by atoms with E-state index in [0.29, 0.717) is 5.69 Å². The summed E-state index contributed by atoms with van der Waals surface area (Å²) in [6, 6.07) is 12.4. The summed E-state index contributed by atoms with van der Waals surface area (Å²) >= 11 is 0. The maximum Gasteiger partial charge on any atom is 0.343 e. The van der Waals surface area contributed by atoms with Crippen molar-refractivity contribution in [3.8, 4) is 5.75 Å². The minimum atomic E-state index is -0.675. The van der Waals surface area contributed by atoms with Gasteiger partial charge in [0.1, 0.15) is 5.75 Å². The van der Waals surface area contributed by atoms with E-state index < -0.39 is 11.9 Å². The fourth-order valence-electron chi connectivity index (χ4n) is 1.74. The van der Waals surface area contributed by atoms with E-state index in [9.17, 15) is 9.59 Å². The molecule has 120 valence electrons. The normalized spacial score (nSPS) is 9.39. The first-order valence-corrected chi connectivity index (χ1v) is 6.28. The third kappa shape index (κ3) is 4.72. The Bertz CT molecular complexity index is 741. The van der Waals surface area contributed by atoms with Crippen molar-refractivity contribution in [2.24, 2.45) is 22.2 Å². The van der Waals surface area contributed by atoms with Crippen LogP contribution in [0.15, 0.2) is 53.5 Å². The van der Waals surface area contributed by atoms with Crippen LogP contribution >= 0.6 is 12.4 Å². The minimum Gasteiger partial charge on any atom is -0.422 e. The average molecular weight is 335 g/mol. The standard InChI is InChI=1S/C15H14N4O3.ClH/c16-13(20)11-3-1-2-4-12(11)22-14(21)9-5-7-10(8-6-9)19-15(17)18;/h1-8H,(H2,16,20)(H4,17,18,19);1H. The van der Waals surface area contributed by atoms with Crippen LogP contribution in [0, 0.1) is 0 Å². The van der Waals surface area contributed by atoms with Crippen LogP contribution in [0.5, 0.6) is 5.75 Å². The highest BCUT2D eigenvalue weighted by molar-refractivity contribution is 5.98. The summed E-state index contributed by atoms with van der Waals surface area (Å²) in [6.07, 6.45) is 0. The summed E-state index contributed by atoms with van der Waals surface area (Å²) in [5.41, 5.74) is 16.7. The number of carbonyl (C=O) groups excluding carboxylic acids is 2. The number of nitrogens with zero attached hydrogens (tertiary/aromatic N) is 1. The molecular weight excluding hydrogens is 320 g/mol. The first kappa shape index (κ1) is 18.0. The Morgan fingerprint density at radius 1 is 0.913 bits per heavy atom. The first-order chi connectivity index (χ1) is 10.5. The fraction of sp³-hybridized carbons (Fsp3) is 0. The van der Waals surface area contributed by atoms with Crippen molar-refractivity contribution in [3.05, 3.63) is 59.7 Å². The van der Waals surface area contributed by atoms with E-state index in [-0.39, 0.29) is 35.2 Å². The molecule has 0 saturated heterocycles. The molecule has 0 fully saturated rings. The van der Waals surface area contributed by atoms with E-state index in [2.05, 4.69) is 4.99 Å². The summed E-state index contributed by atoms with van der Waals surface area (Å²) in [7, 11) is 0. The Morgan fingerprint density at radius 3 is 2.09 bits per heavy atom. The van der Waals surface area contributed by atoms with Crippen molar-refractivity contribution in [3.63, 3.8) is 0 Å². The van der Waals surface area contributed by atoms with Gasteiger partial charge in [0.05, 0.1) is 16.8 Å². The molecule has 0 heterocycles. The maximum absolute atomic E-state index is 12.1. The third-order valence-corrected chi connectivity index (χ3v) is 2.72. The lowest BCUT2D eigenvalue weighted by atomic mass is 10.2. The quantitative estimate of drug-likeness (QED) is 0.335. The average Bonchev–Trinajstić information content (AvgIpc) is 2.47. The van der Waals surface area contributed by atoms with Crippen molar-refractivity contribution in [1.82, 2.24) is 0 Å². The molecule has 8 heteroatoms. The molecule has 0 unspecified atom stereocenters. The van der Waals surface area contributed by atoms with E-state index in [1.54, 1.807) is 24.3 Å². The van der Waals surface area contributed by atoms with Crippen LogP contribution in [0.4, 0.5) is 5.69 Å². The van der Waals surface area contributed by atoms with E-state index >= 15 is 0 Å². The number of esters is 1. The second-order valence-electron chi connectivity index (χ2n) is 4.33. The van der Waals surface area contributed by atoms with Crippen molar-refractivity contribution < 1.29 is 14.3 Å². The van der Waals surface area contributed by atoms with Crippen LogP contribution in [0.1, 0.15) is 20.7 Å². The van der Waals surface area contributed by atoms with Crippen LogP contribution in [0.25, 0.3) is 0 Å². The zero-order valence-corrected chi connectivity index (χ0v) is 12.7. The molecule has 0 radical (unpaired) electrons. The monoisotopic (exact) mass is 334 g/mol. The van der Waals surface area contributed by atoms with Gasteiger partial charge in [-0.25, -0.2) is 9.79 Å². The van der Waals surface area contributed by atoms with E-state index in [4.69, 9.17) is 21.9 Å². The molecular formula is C15H15ClN4O3. The Balaban J connectivity index is 0.00000264. The van der Waals surface area contributed by atoms with E-state index in [1.807, 2.05) is 0 Å². The van der Waals surface area contributed by atoms with Gasteiger partial charge in [0, 0.05) is 0 Å². The number of primary amides is 1. The number of aliphatic imine (C=N–C) groups is 1. The van der Waals surface area contributed by atoms with Crippen molar-refractivity contribution in [1.29, 1.82) is 0 Å². The lowest BCUT2D eigenvalue weighted by Gasteiger charge is -2.07. The lowest BCUT2D eigenvalue weighted by Crippen LogP contribution is -2.21. The number of para-hydroxylation sites is 1. The number of benzene rings is 2. The summed E-state index contributed by atoms with van der Waals surface area (Å²) in [6.45, 7) is 0. The SMILES string of the molecule is Cl.NC(=O)c1ccccc1OC(=O)c1ccc(N=C(N)N)cc1. The van der Waals surface area contributed by atoms with Gasteiger partial charge < -0.3 is 21.9 Å². The first-order valence-electron chi connectivity index (χ1n) is 6.28. The largest absolute Gasteiger partial charge is 0.422 e. The molecule has 0 bridgehead atoms. The Labute approximate surface area is 138 Å². The number of hydrogen-bond acceptors (Lipinski definition) is 4. The van der Waals surface area contributed by atoms with Crippen LogP contribution in [-0.2, 0) is 0 Å². The van der Waals surface area contributed by atoms with Gasteiger partial charge in [0.25, 0.3) is 5.91 Å². The van der Waals surface area contributed by atoms with Crippen LogP contribution < -0.4 is 21.9 Å². The summed E-state index contributed by atoms with van der Waals surface area (Å²) in [5, 5.41) is 0. The van der Waals surface area contributed by atoms with Gasteiger partial charge in [-0.05, 0) is 36.4 Å². The third-order valence-electron chi connectivity index (χ3n) is 2.72. The van der Waals surface area contributed by atoms with Crippen molar-refractivity contribution in [2.75, 3.05) is 0 Å². The number of nitrogens with two attached hydrogens (primary N) is 3. The molecule has 0 aliphatic heterocycles. The molecule has 0 atom stereocenters. The predicted molar refractivity (Wildman–Crippen MR) is 89.1 cm³/mol. The molecule has 0 aliphatic rings. The lowest BCUT2D eigenvalue weighted by molar-refractivity contribution is 0.0732. The molecule has 2 aromatic carbocycles. The van der Waals surface area contributed by atoms with Gasteiger partial charge in [-0.1, -0.05) is 12.1 Å². The number of amides is 1. The van der Waals surface area contributed by atoms with Gasteiger partial charge in [-0.3, -0.25) is 4.79 Å². The summed E-state index contributed by atoms with van der Waals surface area (Å²) < 4.78 is 5.19. The summed E-state index contributed by atoms with van der Waals surface area (Å²) in [5.74, 6) is -1.27. The molecule has 6 N–H and O–H groups in total. The fourth-order valence-corrected chi connectivity index (χ4v) is 1.74. The van der Waals surface area contributed by atoms with Gasteiger partial charge >= 0.3 is 5.97 Å². The van der Waals surface area contributed by atoms with Gasteiger partial charge in [-0.2, -0.15) is 0 Å². The number of guanidine groups is 1. The number of carbonyl (C=O) groups is 2. The van der Waals surface area contributed by atoms with Crippen LogP contribution in [0.3, 0.4) is 0 Å². The predicted octanol–water partition coefficient (Wildman–Crippen LogP) is 1.33. The van der Waals surface area contributed by atoms with Crippen LogP contribution in [-0.4, -0.2) is 17.8 Å². The molecule has 0 aliphatic carbocycles. The number of halogens is 1. The molecule has 0 spiro atoms. The zero-order chi connectivity index (χ0) is 16.1. The number of hydrogen-bond donors (Lipinski definition) is 3. The Kier molecular flexibility index (Phi) is 6.11. The molecule has 23 heavy (non-hydrogen) atoms. The molecule has 0 saturated carbocycles. The van der Waals surface area contributed by atoms with Gasteiger partial charge in [-0.15, -0.1) is 12.4 Å². The molecule has 2 aromatic rings. The molecule has 0 aromatic heterocycles. The van der Waals surface area contributed by atoms with Gasteiger partial charge in [0.2, 0.25) is 0 Å². The van der Waals surface area contributed by atoms with Crippen molar-refractivity contribution in [2.45, 2.75) is 0 Å². The van der Waals surface area contributed by atoms with Crippen molar-refractivity contribution >= 4 is 35.9 Å². The second kappa shape index (κ2) is 7.81. The maximum atomic E-state index is 12.1. The highest BCUT2D eigenvalue weighted by Crippen LogP contribution is 2.20. The Hall–Kier alpha value is -3.06. The topological polar surface area (TPSA) is 134 Å². The smallest absolute Gasteiger partial charge is 0.343 e. The van der Waals surface area contributed by atoms with E-state index in [1.165, 1.54) is 24.3 Å². The highest BCUT2D eigenvalue weighted by atomic mass is 35.5. The molecule has 2 rings (SSSR count). The van der Waals surface area contributed by atoms with Gasteiger partial charge in [0.15, 0.2) is 5.96 Å². The summed E-state index contributed by atoms with van der Waals surface area (Å²) in [4.78, 5) is 27.2. The van der Waals surface area contributed by atoms with Crippen LogP contribution in [0.2, 0.25) is 0 Å². The minimum absolute atomic E-state index is 0. The molecule has 1 amide bonds. The van der Waals surface area contributed by atoms with E-state index in [0.717, 1.165) is 0 Å². The number of ether oxygens (including phenoxy) is 1. The highest BCUT2D eigenvalue weighted by Gasteiger charge is 2.14. The molecule has 7 nitrogen and oxygen atoms in total. The second-order valence-corrected chi connectivity index (χ2v) is 4.33. The Morgan fingerprint density at radius 2 is 1.52 bits per heavy atom.